The van der Waals surface area contributed by atoms with Crippen molar-refractivity contribution in [3.05, 3.63) is 95.3 Å². The third kappa shape index (κ3) is 8.71. The summed E-state index contributed by atoms with van der Waals surface area (Å²) in [5.74, 6) is -1.41. The van der Waals surface area contributed by atoms with Crippen LogP contribution < -0.4 is 14.4 Å². The smallest absolute Gasteiger partial charge is 0.308 e. The number of carbonyl (C=O) groups is 3. The lowest BCUT2D eigenvalue weighted by Gasteiger charge is -2.48. The second-order valence-corrected chi connectivity index (χ2v) is 12.4. The second-order valence-electron chi connectivity index (χ2n) is 10.6. The number of ether oxygens (including phenoxy) is 2. The summed E-state index contributed by atoms with van der Waals surface area (Å²) >= 11 is 0. The number of aryl methyl sites for hydroxylation is 1. The molecule has 0 spiro atoms. The van der Waals surface area contributed by atoms with Gasteiger partial charge in [-0.1, -0.05) is 36.4 Å². The Kier molecular flexibility index (Phi) is 10.3. The predicted molar refractivity (Wildman–Crippen MR) is 159 cm³/mol. The van der Waals surface area contributed by atoms with Crippen LogP contribution in [0.1, 0.15) is 61.9 Å². The lowest BCUT2D eigenvalue weighted by Crippen LogP contribution is -2.55. The SMILES string of the molecule is CC(=O)Oc1ccc([C@@H]2[C@@H](CC[C@H](OC(C)=O)c3ccc(F)cc3)C(=O)N2c2ccc(CCCNS(C)(=O)=O)cc2)cc1. The average molecular weight is 611 g/mol. The van der Waals surface area contributed by atoms with Gasteiger partial charge in [0.2, 0.25) is 15.9 Å². The molecule has 0 radical (unpaired) electrons. The van der Waals surface area contributed by atoms with Gasteiger partial charge in [-0.15, -0.1) is 0 Å². The first-order chi connectivity index (χ1) is 20.4. The maximum atomic E-state index is 13.6. The third-order valence-corrected chi connectivity index (χ3v) is 7.94. The molecular formula is C32H35FN2O7S. The molecule has 1 heterocycles. The van der Waals surface area contributed by atoms with Crippen molar-refractivity contribution in [3.8, 4) is 5.75 Å². The largest absolute Gasteiger partial charge is 0.458 e. The molecule has 1 amide bonds. The van der Waals surface area contributed by atoms with E-state index in [2.05, 4.69) is 4.72 Å². The van der Waals surface area contributed by atoms with Gasteiger partial charge in [-0.2, -0.15) is 0 Å². The minimum atomic E-state index is -3.24. The van der Waals surface area contributed by atoms with Gasteiger partial charge in [-0.25, -0.2) is 17.5 Å². The fourth-order valence-electron chi connectivity index (χ4n) is 5.27. The van der Waals surface area contributed by atoms with Crippen molar-refractivity contribution in [2.75, 3.05) is 17.7 Å². The van der Waals surface area contributed by atoms with Gasteiger partial charge in [0.25, 0.3) is 0 Å². The predicted octanol–water partition coefficient (Wildman–Crippen LogP) is 5.02. The molecule has 11 heteroatoms. The highest BCUT2D eigenvalue weighted by Crippen LogP contribution is 2.47. The van der Waals surface area contributed by atoms with Gasteiger partial charge < -0.3 is 14.4 Å². The fourth-order valence-corrected chi connectivity index (χ4v) is 5.79. The first kappa shape index (κ1) is 31.8. The molecule has 1 aliphatic heterocycles. The number of β-lactam (4-membered cyclic amide) rings is 1. The summed E-state index contributed by atoms with van der Waals surface area (Å²) in [6.07, 6.45) is 2.56. The maximum absolute atomic E-state index is 13.6. The molecule has 0 bridgehead atoms. The molecule has 0 aromatic heterocycles. The maximum Gasteiger partial charge on any atom is 0.308 e. The molecule has 9 nitrogen and oxygen atoms in total. The van der Waals surface area contributed by atoms with Crippen LogP contribution in [0.4, 0.5) is 10.1 Å². The van der Waals surface area contributed by atoms with Gasteiger partial charge in [0.15, 0.2) is 0 Å². The lowest BCUT2D eigenvalue weighted by atomic mass is 9.78. The van der Waals surface area contributed by atoms with Gasteiger partial charge in [0.05, 0.1) is 18.2 Å². The quantitative estimate of drug-likeness (QED) is 0.125. The van der Waals surface area contributed by atoms with Crippen molar-refractivity contribution in [2.24, 2.45) is 5.92 Å². The molecule has 1 N–H and O–H groups in total. The highest BCUT2D eigenvalue weighted by atomic mass is 32.2. The Morgan fingerprint density at radius 3 is 2.19 bits per heavy atom. The molecule has 4 rings (SSSR count). The van der Waals surface area contributed by atoms with E-state index in [0.29, 0.717) is 49.2 Å². The van der Waals surface area contributed by atoms with Crippen LogP contribution in [0.3, 0.4) is 0 Å². The zero-order chi connectivity index (χ0) is 31.1. The van der Waals surface area contributed by atoms with Crippen LogP contribution in [-0.4, -0.2) is 39.1 Å². The zero-order valence-electron chi connectivity index (χ0n) is 24.3. The van der Waals surface area contributed by atoms with E-state index in [9.17, 15) is 27.2 Å². The normalized spacial score (nSPS) is 17.2. The minimum absolute atomic E-state index is 0.0835. The molecule has 43 heavy (non-hydrogen) atoms. The third-order valence-electron chi connectivity index (χ3n) is 7.21. The van der Waals surface area contributed by atoms with Crippen LogP contribution in [0.5, 0.6) is 5.75 Å². The Morgan fingerprint density at radius 2 is 1.60 bits per heavy atom. The molecular weight excluding hydrogens is 575 g/mol. The van der Waals surface area contributed by atoms with Crippen molar-refractivity contribution >= 4 is 33.6 Å². The summed E-state index contributed by atoms with van der Waals surface area (Å²) in [6.45, 7) is 2.97. The van der Waals surface area contributed by atoms with E-state index >= 15 is 0 Å². The second kappa shape index (κ2) is 13.9. The van der Waals surface area contributed by atoms with Crippen LogP contribution in [0, 0.1) is 11.7 Å². The number of benzene rings is 3. The zero-order valence-corrected chi connectivity index (χ0v) is 25.1. The van der Waals surface area contributed by atoms with Gasteiger partial charge in [-0.3, -0.25) is 14.4 Å². The molecule has 1 aliphatic rings. The summed E-state index contributed by atoms with van der Waals surface area (Å²) < 4.78 is 49.3. The van der Waals surface area contributed by atoms with E-state index in [1.807, 2.05) is 36.4 Å². The molecule has 0 unspecified atom stereocenters. The van der Waals surface area contributed by atoms with Gasteiger partial charge in [-0.05, 0) is 78.8 Å². The minimum Gasteiger partial charge on any atom is -0.458 e. The monoisotopic (exact) mass is 610 g/mol. The summed E-state index contributed by atoms with van der Waals surface area (Å²) in [6, 6.07) is 20.0. The fraction of sp³-hybridized carbons (Fsp3) is 0.344. The average Bonchev–Trinajstić information content (AvgIpc) is 2.94. The number of sulfonamides is 1. The van der Waals surface area contributed by atoms with Crippen LogP contribution >= 0.6 is 0 Å². The number of amides is 1. The molecule has 3 atom stereocenters. The lowest BCUT2D eigenvalue weighted by molar-refractivity contribution is -0.147. The Hall–Kier alpha value is -4.09. The first-order valence-electron chi connectivity index (χ1n) is 14.0. The van der Waals surface area contributed by atoms with E-state index < -0.39 is 39.8 Å². The summed E-state index contributed by atoms with van der Waals surface area (Å²) in [4.78, 5) is 38.5. The number of nitrogens with one attached hydrogen (secondary N) is 1. The van der Waals surface area contributed by atoms with Crippen molar-refractivity contribution in [2.45, 2.75) is 51.7 Å². The van der Waals surface area contributed by atoms with Gasteiger partial charge >= 0.3 is 11.9 Å². The number of halogens is 1. The van der Waals surface area contributed by atoms with Crippen LogP contribution in [0.25, 0.3) is 0 Å². The van der Waals surface area contributed by atoms with Gasteiger partial charge in [0.1, 0.15) is 17.7 Å². The molecule has 1 fully saturated rings. The number of esters is 2. The Balaban J connectivity index is 1.53. The first-order valence-corrected chi connectivity index (χ1v) is 15.9. The summed E-state index contributed by atoms with van der Waals surface area (Å²) in [5, 5.41) is 0. The Morgan fingerprint density at radius 1 is 0.953 bits per heavy atom. The van der Waals surface area contributed by atoms with Crippen molar-refractivity contribution < 1.29 is 36.7 Å². The van der Waals surface area contributed by atoms with Gasteiger partial charge in [0, 0.05) is 26.1 Å². The van der Waals surface area contributed by atoms with E-state index in [-0.39, 0.29) is 11.9 Å². The van der Waals surface area contributed by atoms with Crippen molar-refractivity contribution in [1.29, 1.82) is 0 Å². The standard InChI is InChI=1S/C32H35FN2O7S/c1-21(36)41-28-16-10-25(11-17-28)31-29(18-19-30(42-22(2)37)24-8-12-26(33)13-9-24)32(38)35(31)27-14-6-23(7-15-27)5-4-20-34-43(3,39)40/h6-17,29-31,34H,4-5,18-20H2,1-3H3/t29-,30+,31-/m1/s1. The molecule has 3 aromatic carbocycles. The van der Waals surface area contributed by atoms with Crippen LogP contribution in [-0.2, 0) is 35.6 Å². The van der Waals surface area contributed by atoms with E-state index in [0.717, 1.165) is 17.4 Å². The molecule has 0 saturated carbocycles. The topological polar surface area (TPSA) is 119 Å². The highest BCUT2D eigenvalue weighted by molar-refractivity contribution is 7.88. The summed E-state index contributed by atoms with van der Waals surface area (Å²) in [5.41, 5.74) is 3.21. The number of nitrogens with zero attached hydrogens (tertiary/aromatic N) is 1. The number of anilines is 1. The van der Waals surface area contributed by atoms with Crippen molar-refractivity contribution in [1.82, 2.24) is 4.72 Å². The molecule has 0 aliphatic carbocycles. The number of carbonyl (C=O) groups excluding carboxylic acids is 3. The Labute approximate surface area is 251 Å². The molecule has 228 valence electrons. The molecule has 3 aromatic rings. The van der Waals surface area contributed by atoms with E-state index in [1.165, 1.54) is 26.0 Å². The van der Waals surface area contributed by atoms with E-state index in [4.69, 9.17) is 9.47 Å². The van der Waals surface area contributed by atoms with E-state index in [1.54, 1.807) is 29.2 Å². The van der Waals surface area contributed by atoms with Crippen LogP contribution in [0.2, 0.25) is 0 Å². The summed E-state index contributed by atoms with van der Waals surface area (Å²) in [7, 11) is -3.24. The Bertz CT molecular complexity index is 1540. The number of rotatable bonds is 13. The number of hydrogen-bond acceptors (Lipinski definition) is 7. The highest BCUT2D eigenvalue weighted by Gasteiger charge is 2.48. The van der Waals surface area contributed by atoms with Crippen LogP contribution in [0.15, 0.2) is 72.8 Å². The van der Waals surface area contributed by atoms with Crippen molar-refractivity contribution in [3.63, 3.8) is 0 Å². The molecule has 1 saturated heterocycles. The number of hydrogen-bond donors (Lipinski definition) is 1.